The Labute approximate surface area is 119 Å². The summed E-state index contributed by atoms with van der Waals surface area (Å²) in [7, 11) is 0. The molecule has 3 heteroatoms. The summed E-state index contributed by atoms with van der Waals surface area (Å²) in [6.45, 7) is 8.51. The lowest BCUT2D eigenvalue weighted by Gasteiger charge is -2.20. The zero-order valence-corrected chi connectivity index (χ0v) is 13.2. The molecule has 0 unspecified atom stereocenters. The summed E-state index contributed by atoms with van der Waals surface area (Å²) < 4.78 is 0. The van der Waals surface area contributed by atoms with E-state index in [1.54, 1.807) is 0 Å². The minimum atomic E-state index is -0.409. The summed E-state index contributed by atoms with van der Waals surface area (Å²) in [6.07, 6.45) is 13.9. The average molecular weight is 271 g/mol. The van der Waals surface area contributed by atoms with E-state index >= 15 is 0 Å². The molecule has 0 bridgehead atoms. The second-order valence-corrected chi connectivity index (χ2v) is 5.83. The Hall–Kier alpha value is -0.120. The topological polar surface area (TPSA) is 28.3 Å². The van der Waals surface area contributed by atoms with Crippen LogP contribution < -0.4 is 0 Å². The van der Waals surface area contributed by atoms with Crippen LogP contribution >= 0.6 is 0 Å². The molecule has 0 N–H and O–H groups in total. The molecule has 1 aliphatic rings. The van der Waals surface area contributed by atoms with Crippen molar-refractivity contribution in [1.82, 2.24) is 4.90 Å². The van der Waals surface area contributed by atoms with Gasteiger partial charge in [-0.3, -0.25) is 0 Å². The van der Waals surface area contributed by atoms with Gasteiger partial charge in [0.15, 0.2) is 0 Å². The van der Waals surface area contributed by atoms with Gasteiger partial charge in [0.1, 0.15) is 0 Å². The number of hydrogen-bond donors (Lipinski definition) is 0. The molecule has 1 rings (SSSR count). The minimum absolute atomic E-state index is 0.409. The Balaban J connectivity index is 1.83. The highest BCUT2D eigenvalue weighted by Crippen LogP contribution is 2.32. The van der Waals surface area contributed by atoms with E-state index in [1.807, 2.05) is 6.92 Å². The van der Waals surface area contributed by atoms with Crippen molar-refractivity contribution < 1.29 is 9.78 Å². The van der Waals surface area contributed by atoms with Crippen LogP contribution in [0.3, 0.4) is 0 Å². The van der Waals surface area contributed by atoms with Gasteiger partial charge in [-0.2, -0.15) is 9.78 Å². The third-order valence-corrected chi connectivity index (χ3v) is 4.06. The quantitative estimate of drug-likeness (QED) is 0.272. The summed E-state index contributed by atoms with van der Waals surface area (Å²) in [6, 6.07) is 0. The number of rotatable bonds is 13. The first-order valence-electron chi connectivity index (χ1n) is 8.35. The standard InChI is InChI=1S/C16H33NO2/c1-4-6-7-8-9-10-11-12-13-14-15-17(5-2)16(3)18-19-16/h4-15H2,1-3H3. The highest BCUT2D eigenvalue weighted by molar-refractivity contribution is 4.69. The van der Waals surface area contributed by atoms with Gasteiger partial charge in [-0.05, 0) is 6.42 Å². The molecule has 1 heterocycles. The van der Waals surface area contributed by atoms with Gasteiger partial charge < -0.3 is 0 Å². The van der Waals surface area contributed by atoms with E-state index in [0.29, 0.717) is 0 Å². The summed E-state index contributed by atoms with van der Waals surface area (Å²) in [5.41, 5.74) is 0. The molecule has 1 aliphatic heterocycles. The molecular formula is C16H33NO2. The fourth-order valence-electron chi connectivity index (χ4n) is 2.60. The molecule has 0 aromatic heterocycles. The Bertz CT molecular complexity index is 217. The van der Waals surface area contributed by atoms with Crippen molar-refractivity contribution in [3.63, 3.8) is 0 Å². The van der Waals surface area contributed by atoms with Gasteiger partial charge in [-0.15, -0.1) is 0 Å². The summed E-state index contributed by atoms with van der Waals surface area (Å²) in [4.78, 5) is 12.3. The molecule has 0 saturated carbocycles. The smallest absolute Gasteiger partial charge is 0.249 e. The van der Waals surface area contributed by atoms with E-state index in [2.05, 4.69) is 18.7 Å². The normalized spacial score (nSPS) is 17.1. The van der Waals surface area contributed by atoms with E-state index in [4.69, 9.17) is 9.78 Å². The molecule has 0 amide bonds. The molecule has 0 aromatic carbocycles. The third-order valence-electron chi connectivity index (χ3n) is 4.06. The van der Waals surface area contributed by atoms with Crippen LogP contribution in [0.4, 0.5) is 0 Å². The zero-order valence-electron chi connectivity index (χ0n) is 13.2. The van der Waals surface area contributed by atoms with Gasteiger partial charge in [-0.1, -0.05) is 71.6 Å². The van der Waals surface area contributed by atoms with Crippen molar-refractivity contribution >= 4 is 0 Å². The molecule has 3 nitrogen and oxygen atoms in total. The van der Waals surface area contributed by atoms with Crippen LogP contribution in [0.5, 0.6) is 0 Å². The first-order valence-corrected chi connectivity index (χ1v) is 8.35. The maximum absolute atomic E-state index is 5.02. The van der Waals surface area contributed by atoms with E-state index in [1.165, 1.54) is 64.2 Å². The fourth-order valence-corrected chi connectivity index (χ4v) is 2.60. The second kappa shape index (κ2) is 9.73. The van der Waals surface area contributed by atoms with E-state index in [-0.39, 0.29) is 0 Å². The highest BCUT2D eigenvalue weighted by Gasteiger charge is 2.48. The predicted octanol–water partition coefficient (Wildman–Crippen LogP) is 4.86. The largest absolute Gasteiger partial charge is 0.287 e. The predicted molar refractivity (Wildman–Crippen MR) is 79.7 cm³/mol. The molecule has 1 saturated heterocycles. The van der Waals surface area contributed by atoms with Crippen LogP contribution in [-0.4, -0.2) is 23.9 Å². The molecule has 0 atom stereocenters. The molecule has 0 spiro atoms. The van der Waals surface area contributed by atoms with Crippen molar-refractivity contribution in [2.24, 2.45) is 0 Å². The molecule has 0 radical (unpaired) electrons. The lowest BCUT2D eigenvalue weighted by Crippen LogP contribution is -2.36. The number of unbranched alkanes of at least 4 members (excludes halogenated alkanes) is 9. The molecule has 0 aliphatic carbocycles. The van der Waals surface area contributed by atoms with Crippen LogP contribution in [0, 0.1) is 0 Å². The van der Waals surface area contributed by atoms with Crippen LogP contribution in [-0.2, 0) is 9.78 Å². The number of hydrogen-bond acceptors (Lipinski definition) is 3. The van der Waals surface area contributed by atoms with Crippen molar-refractivity contribution in [3.05, 3.63) is 0 Å². The Kier molecular flexibility index (Phi) is 8.67. The van der Waals surface area contributed by atoms with Crippen molar-refractivity contribution in [1.29, 1.82) is 0 Å². The van der Waals surface area contributed by atoms with Crippen molar-refractivity contribution in [3.8, 4) is 0 Å². The first-order chi connectivity index (χ1) is 9.23. The monoisotopic (exact) mass is 271 g/mol. The van der Waals surface area contributed by atoms with Crippen LogP contribution in [0.25, 0.3) is 0 Å². The Morgan fingerprint density at radius 1 is 0.737 bits per heavy atom. The molecule has 114 valence electrons. The Morgan fingerprint density at radius 3 is 1.63 bits per heavy atom. The SMILES string of the molecule is CCCCCCCCCCCCN(CC)C1(C)OO1. The van der Waals surface area contributed by atoms with Gasteiger partial charge in [-0.25, -0.2) is 4.90 Å². The van der Waals surface area contributed by atoms with Crippen LogP contribution in [0.2, 0.25) is 0 Å². The maximum atomic E-state index is 5.02. The molecule has 1 fully saturated rings. The lowest BCUT2D eigenvalue weighted by atomic mass is 10.1. The second-order valence-electron chi connectivity index (χ2n) is 5.83. The van der Waals surface area contributed by atoms with Crippen LogP contribution in [0.15, 0.2) is 0 Å². The molecular weight excluding hydrogens is 238 g/mol. The molecule has 0 aromatic rings. The number of nitrogens with zero attached hydrogens (tertiary/aromatic N) is 1. The zero-order chi connectivity index (χ0) is 14.0. The first kappa shape index (κ1) is 16.9. The lowest BCUT2D eigenvalue weighted by molar-refractivity contribution is 0.0850. The van der Waals surface area contributed by atoms with Gasteiger partial charge in [0, 0.05) is 20.0 Å². The average Bonchev–Trinajstić information content (AvgIpc) is 3.15. The minimum Gasteiger partial charge on any atom is -0.249 e. The summed E-state index contributed by atoms with van der Waals surface area (Å²) in [5, 5.41) is 0. The van der Waals surface area contributed by atoms with Crippen molar-refractivity contribution in [2.45, 2.75) is 90.9 Å². The molecule has 19 heavy (non-hydrogen) atoms. The highest BCUT2D eigenvalue weighted by atomic mass is 17.4. The van der Waals surface area contributed by atoms with Gasteiger partial charge in [0.25, 0.3) is 5.91 Å². The van der Waals surface area contributed by atoms with E-state index in [0.717, 1.165) is 13.1 Å². The van der Waals surface area contributed by atoms with Crippen molar-refractivity contribution in [2.75, 3.05) is 13.1 Å². The Morgan fingerprint density at radius 2 is 1.21 bits per heavy atom. The maximum Gasteiger partial charge on any atom is 0.287 e. The van der Waals surface area contributed by atoms with Gasteiger partial charge >= 0.3 is 0 Å². The van der Waals surface area contributed by atoms with Gasteiger partial charge in [0.2, 0.25) is 0 Å². The summed E-state index contributed by atoms with van der Waals surface area (Å²) in [5.74, 6) is -0.409. The third kappa shape index (κ3) is 7.28. The van der Waals surface area contributed by atoms with E-state index < -0.39 is 5.91 Å². The van der Waals surface area contributed by atoms with Crippen LogP contribution in [0.1, 0.15) is 85.0 Å². The summed E-state index contributed by atoms with van der Waals surface area (Å²) >= 11 is 0. The van der Waals surface area contributed by atoms with E-state index in [9.17, 15) is 0 Å². The fraction of sp³-hybridized carbons (Fsp3) is 1.00. The van der Waals surface area contributed by atoms with Gasteiger partial charge in [0.05, 0.1) is 0 Å².